The number of carbonyl (C=O) groups is 2. The molecule has 184 valence electrons. The molecule has 2 aliphatic heterocycles. The van der Waals surface area contributed by atoms with E-state index in [1.165, 1.54) is 33.8 Å². The van der Waals surface area contributed by atoms with Crippen molar-refractivity contribution in [2.75, 3.05) is 18.9 Å². The van der Waals surface area contributed by atoms with Crippen LogP contribution in [0.3, 0.4) is 0 Å². The number of benzene rings is 2. The number of hydrogen-bond acceptors (Lipinski definition) is 7. The number of rotatable bonds is 8. The molecule has 35 heavy (non-hydrogen) atoms. The molecule has 11 heteroatoms. The number of aliphatic imine (C=N–C) groups is 1. The van der Waals surface area contributed by atoms with Gasteiger partial charge in [-0.05, 0) is 54.1 Å². The van der Waals surface area contributed by atoms with E-state index in [2.05, 4.69) is 27.2 Å². The summed E-state index contributed by atoms with van der Waals surface area (Å²) in [5, 5.41) is 2.43. The van der Waals surface area contributed by atoms with Crippen molar-refractivity contribution in [1.29, 1.82) is 0 Å². The SMILES string of the molecule is CN(CCCC1OC(=O)Nc2ccc(Cl)c(F)c21)C(=O)/C(C=NCc1ccc2c(c1)CNS2)=C/N. The van der Waals surface area contributed by atoms with Crippen molar-refractivity contribution >= 4 is 47.5 Å². The van der Waals surface area contributed by atoms with Crippen molar-refractivity contribution in [2.24, 2.45) is 10.7 Å². The molecule has 0 aliphatic carbocycles. The molecule has 2 aliphatic rings. The second kappa shape index (κ2) is 11.1. The van der Waals surface area contributed by atoms with Gasteiger partial charge in [0, 0.05) is 37.4 Å². The Bertz CT molecular complexity index is 1210. The summed E-state index contributed by atoms with van der Waals surface area (Å²) in [7, 11) is 1.64. The standard InChI is InChI=1S/C24H25ClFN5O3S/c1-31(8-2-3-19-21-18(30-24(33)34-19)6-5-17(25)22(21)26)23(32)16(10-27)12-28-11-14-4-7-20-15(9-14)13-29-35-20/h4-7,9-10,12,19,29H,2-3,8,11,13,27H2,1H3,(H,30,33)/b16-10+,28-12?. The van der Waals surface area contributed by atoms with E-state index in [0.29, 0.717) is 31.6 Å². The fraction of sp³-hybridized carbons (Fsp3) is 0.292. The maximum absolute atomic E-state index is 14.6. The third kappa shape index (κ3) is 5.77. The Balaban J connectivity index is 1.31. The summed E-state index contributed by atoms with van der Waals surface area (Å²) in [6.07, 6.45) is 2.03. The molecule has 0 radical (unpaired) electrons. The molecule has 0 spiro atoms. The summed E-state index contributed by atoms with van der Waals surface area (Å²) < 4.78 is 23.1. The van der Waals surface area contributed by atoms with Crippen LogP contribution in [0.15, 0.2) is 52.0 Å². The first-order valence-corrected chi connectivity index (χ1v) is 12.2. The number of nitrogens with zero attached hydrogens (tertiary/aromatic N) is 2. The number of ether oxygens (including phenoxy) is 1. The van der Waals surface area contributed by atoms with Gasteiger partial charge in [0.2, 0.25) is 0 Å². The van der Waals surface area contributed by atoms with Gasteiger partial charge in [-0.3, -0.25) is 19.8 Å². The zero-order valence-electron chi connectivity index (χ0n) is 19.0. The lowest BCUT2D eigenvalue weighted by Crippen LogP contribution is -2.31. The van der Waals surface area contributed by atoms with Crippen LogP contribution in [0.5, 0.6) is 0 Å². The van der Waals surface area contributed by atoms with E-state index in [9.17, 15) is 14.0 Å². The predicted molar refractivity (Wildman–Crippen MR) is 135 cm³/mol. The molecule has 0 saturated carbocycles. The molecule has 2 amide bonds. The van der Waals surface area contributed by atoms with Crippen LogP contribution in [0.1, 0.15) is 35.6 Å². The van der Waals surface area contributed by atoms with Crippen LogP contribution in [0.25, 0.3) is 0 Å². The van der Waals surface area contributed by atoms with Gasteiger partial charge in [-0.2, -0.15) is 0 Å². The van der Waals surface area contributed by atoms with E-state index in [-0.39, 0.29) is 22.1 Å². The fourth-order valence-electron chi connectivity index (χ4n) is 3.94. The average Bonchev–Trinajstić information content (AvgIpc) is 3.31. The fourth-order valence-corrected chi connectivity index (χ4v) is 4.88. The van der Waals surface area contributed by atoms with Gasteiger partial charge in [0.05, 0.1) is 28.4 Å². The number of fused-ring (bicyclic) bond motifs is 2. The Morgan fingerprint density at radius 1 is 1.40 bits per heavy atom. The summed E-state index contributed by atoms with van der Waals surface area (Å²) >= 11 is 7.51. The van der Waals surface area contributed by atoms with Crippen molar-refractivity contribution < 1.29 is 18.7 Å². The molecule has 4 N–H and O–H groups in total. The quantitative estimate of drug-likeness (QED) is 0.269. The lowest BCUT2D eigenvalue weighted by Gasteiger charge is -2.27. The number of nitrogens with two attached hydrogens (primary N) is 1. The number of carbonyl (C=O) groups excluding carboxylic acids is 2. The van der Waals surface area contributed by atoms with Crippen LogP contribution >= 0.6 is 23.5 Å². The lowest BCUT2D eigenvalue weighted by molar-refractivity contribution is -0.125. The number of cyclic esters (lactones) is 1. The highest BCUT2D eigenvalue weighted by Crippen LogP contribution is 2.38. The van der Waals surface area contributed by atoms with Crippen molar-refractivity contribution in [3.8, 4) is 0 Å². The molecule has 1 atom stereocenters. The Hall–Kier alpha value is -3.08. The normalized spacial score (nSPS) is 17.1. The third-order valence-corrected chi connectivity index (χ3v) is 6.95. The minimum atomic E-state index is -0.798. The highest BCUT2D eigenvalue weighted by atomic mass is 35.5. The first-order valence-electron chi connectivity index (χ1n) is 11.0. The maximum atomic E-state index is 14.6. The summed E-state index contributed by atoms with van der Waals surface area (Å²) in [5.74, 6) is -0.913. The van der Waals surface area contributed by atoms with Crippen LogP contribution in [0.2, 0.25) is 5.02 Å². The second-order valence-electron chi connectivity index (χ2n) is 8.17. The number of anilines is 1. The number of likely N-dealkylation sites (N-methyl/N-ethyl adjacent to an activating group) is 1. The van der Waals surface area contributed by atoms with Crippen LogP contribution < -0.4 is 15.8 Å². The molecular weight excluding hydrogens is 493 g/mol. The van der Waals surface area contributed by atoms with Gasteiger partial charge in [-0.25, -0.2) is 9.18 Å². The average molecular weight is 518 g/mol. The Morgan fingerprint density at radius 2 is 2.23 bits per heavy atom. The number of hydrogen-bond donors (Lipinski definition) is 3. The highest BCUT2D eigenvalue weighted by molar-refractivity contribution is 7.97. The molecule has 2 aromatic carbocycles. The molecule has 2 aromatic rings. The van der Waals surface area contributed by atoms with Gasteiger partial charge in [-0.15, -0.1) is 0 Å². The minimum Gasteiger partial charge on any atom is -0.441 e. The van der Waals surface area contributed by atoms with Crippen molar-refractivity contribution in [3.63, 3.8) is 0 Å². The zero-order chi connectivity index (χ0) is 24.9. The van der Waals surface area contributed by atoms with E-state index in [1.807, 2.05) is 6.07 Å². The van der Waals surface area contributed by atoms with Crippen molar-refractivity contribution in [1.82, 2.24) is 9.62 Å². The topological polar surface area (TPSA) is 109 Å². The molecule has 0 bridgehead atoms. The van der Waals surface area contributed by atoms with Crippen LogP contribution in [0.4, 0.5) is 14.9 Å². The second-order valence-corrected chi connectivity index (χ2v) is 9.51. The van der Waals surface area contributed by atoms with Gasteiger partial charge < -0.3 is 15.4 Å². The van der Waals surface area contributed by atoms with E-state index < -0.39 is 18.0 Å². The molecule has 0 aromatic heterocycles. The number of nitrogens with one attached hydrogen (secondary N) is 2. The summed E-state index contributed by atoms with van der Waals surface area (Å²) in [5.41, 5.74) is 8.77. The summed E-state index contributed by atoms with van der Waals surface area (Å²) in [6, 6.07) is 9.09. The van der Waals surface area contributed by atoms with E-state index >= 15 is 0 Å². The largest absolute Gasteiger partial charge is 0.441 e. The van der Waals surface area contributed by atoms with Gasteiger partial charge in [-0.1, -0.05) is 23.7 Å². The number of amides is 2. The first kappa shape index (κ1) is 25.0. The molecule has 0 fully saturated rings. The molecule has 8 nitrogen and oxygen atoms in total. The zero-order valence-corrected chi connectivity index (χ0v) is 20.6. The Morgan fingerprint density at radius 3 is 3.03 bits per heavy atom. The molecule has 4 rings (SSSR count). The van der Waals surface area contributed by atoms with Crippen LogP contribution in [-0.4, -0.2) is 36.7 Å². The molecule has 1 unspecified atom stereocenters. The van der Waals surface area contributed by atoms with Crippen molar-refractivity contribution in [2.45, 2.75) is 36.9 Å². The molecule has 2 heterocycles. The summed E-state index contributed by atoms with van der Waals surface area (Å²) in [4.78, 5) is 31.7. The van der Waals surface area contributed by atoms with E-state index in [0.717, 1.165) is 12.1 Å². The third-order valence-electron chi connectivity index (χ3n) is 5.75. The molecular formula is C24H25ClFN5O3S. The highest BCUT2D eigenvalue weighted by Gasteiger charge is 2.30. The lowest BCUT2D eigenvalue weighted by atomic mass is 10.0. The van der Waals surface area contributed by atoms with Crippen LogP contribution in [-0.2, 0) is 22.6 Å². The van der Waals surface area contributed by atoms with Gasteiger partial charge in [0.25, 0.3) is 5.91 Å². The van der Waals surface area contributed by atoms with Crippen molar-refractivity contribution in [3.05, 3.63) is 69.6 Å². The monoisotopic (exact) mass is 517 g/mol. The van der Waals surface area contributed by atoms with Gasteiger partial charge in [0.15, 0.2) is 5.82 Å². The van der Waals surface area contributed by atoms with E-state index in [4.69, 9.17) is 22.1 Å². The molecule has 0 saturated heterocycles. The predicted octanol–water partition coefficient (Wildman–Crippen LogP) is 4.54. The Labute approximate surface area is 211 Å². The minimum absolute atomic E-state index is 0.0479. The van der Waals surface area contributed by atoms with Gasteiger partial charge in [0.1, 0.15) is 6.10 Å². The number of halogens is 2. The van der Waals surface area contributed by atoms with Crippen LogP contribution in [0, 0.1) is 5.82 Å². The maximum Gasteiger partial charge on any atom is 0.412 e. The Kier molecular flexibility index (Phi) is 7.94. The smallest absolute Gasteiger partial charge is 0.412 e. The first-order chi connectivity index (χ1) is 16.9. The van der Waals surface area contributed by atoms with Gasteiger partial charge >= 0.3 is 6.09 Å². The van der Waals surface area contributed by atoms with E-state index in [1.54, 1.807) is 25.1 Å². The summed E-state index contributed by atoms with van der Waals surface area (Å²) in [6.45, 7) is 1.59.